The predicted molar refractivity (Wildman–Crippen MR) is 141 cm³/mol. The molecule has 6 rings (SSSR count). The van der Waals surface area contributed by atoms with Crippen molar-refractivity contribution in [3.8, 4) is 11.4 Å². The first-order chi connectivity index (χ1) is 17.1. The fourth-order valence-electron chi connectivity index (χ4n) is 4.39. The van der Waals surface area contributed by atoms with Crippen molar-refractivity contribution in [3.63, 3.8) is 0 Å². The van der Waals surface area contributed by atoms with Gasteiger partial charge in [-0.2, -0.15) is 0 Å². The lowest BCUT2D eigenvalue weighted by Gasteiger charge is -2.16. The van der Waals surface area contributed by atoms with Gasteiger partial charge in [0.15, 0.2) is 0 Å². The zero-order valence-electron chi connectivity index (χ0n) is 18.8. The maximum Gasteiger partial charge on any atom is 0.258 e. The normalized spacial score (nSPS) is 14.1. The Labute approximate surface area is 206 Å². The number of nitrogens with one attached hydrogen (secondary N) is 2. The third kappa shape index (κ3) is 3.84. The monoisotopic (exact) mass is 477 g/mol. The average molecular weight is 478 g/mol. The van der Waals surface area contributed by atoms with Gasteiger partial charge in [-0.1, -0.05) is 29.8 Å². The highest BCUT2D eigenvalue weighted by atomic mass is 35.5. The molecule has 3 aromatic carbocycles. The zero-order chi connectivity index (χ0) is 23.9. The quantitative estimate of drug-likeness (QED) is 0.301. The van der Waals surface area contributed by atoms with Crippen molar-refractivity contribution >= 4 is 51.1 Å². The molecule has 0 bridgehead atoms. The molecule has 6 nitrogen and oxygen atoms in total. The summed E-state index contributed by atoms with van der Waals surface area (Å²) in [4.78, 5) is 22.0. The Bertz CT molecular complexity index is 1640. The zero-order valence-corrected chi connectivity index (χ0v) is 19.5. The second kappa shape index (κ2) is 8.42. The summed E-state index contributed by atoms with van der Waals surface area (Å²) >= 11 is 6.18. The van der Waals surface area contributed by atoms with Gasteiger partial charge < -0.3 is 15.2 Å². The van der Waals surface area contributed by atoms with Crippen molar-refractivity contribution < 1.29 is 4.79 Å². The summed E-state index contributed by atoms with van der Waals surface area (Å²) in [5.74, 6) is 0.707. The summed E-state index contributed by atoms with van der Waals surface area (Å²) in [7, 11) is 1.97. The lowest BCUT2D eigenvalue weighted by Crippen LogP contribution is -2.10. The van der Waals surface area contributed by atoms with Crippen LogP contribution in [0.5, 0.6) is 0 Å². The number of aromatic nitrogens is 3. The lowest BCUT2D eigenvalue weighted by molar-refractivity contribution is -0.110. The van der Waals surface area contributed by atoms with Gasteiger partial charge in [-0.25, -0.2) is 4.98 Å². The minimum atomic E-state index is -0.180. The minimum Gasteiger partial charge on any atom is -0.354 e. The van der Waals surface area contributed by atoms with Crippen LogP contribution in [0.1, 0.15) is 11.1 Å². The summed E-state index contributed by atoms with van der Waals surface area (Å²) in [6.07, 6.45) is 5.47. The van der Waals surface area contributed by atoms with E-state index in [1.54, 1.807) is 24.5 Å². The fraction of sp³-hybridized carbons (Fsp3) is 0.0357. The number of benzene rings is 3. The molecular formula is C28H20ClN5O. The molecule has 1 aliphatic rings. The van der Waals surface area contributed by atoms with Crippen LogP contribution in [0.2, 0.25) is 5.02 Å². The maximum absolute atomic E-state index is 13.2. The Morgan fingerprint density at radius 2 is 1.83 bits per heavy atom. The van der Waals surface area contributed by atoms with Crippen LogP contribution in [0.15, 0.2) is 91.4 Å². The van der Waals surface area contributed by atoms with E-state index >= 15 is 0 Å². The highest BCUT2D eigenvalue weighted by Gasteiger charge is 2.28. The summed E-state index contributed by atoms with van der Waals surface area (Å²) in [6, 6.07) is 23.3. The number of rotatable bonds is 4. The van der Waals surface area contributed by atoms with Crippen molar-refractivity contribution in [3.05, 3.63) is 108 Å². The molecule has 1 aliphatic heterocycles. The molecule has 0 saturated heterocycles. The van der Waals surface area contributed by atoms with Crippen LogP contribution in [0.3, 0.4) is 0 Å². The summed E-state index contributed by atoms with van der Waals surface area (Å²) in [6.45, 7) is 0. The van der Waals surface area contributed by atoms with E-state index in [1.807, 2.05) is 78.5 Å². The highest BCUT2D eigenvalue weighted by Crippen LogP contribution is 2.39. The van der Waals surface area contributed by atoms with E-state index in [0.717, 1.165) is 39.1 Å². The molecule has 7 heteroatoms. The first-order valence-electron chi connectivity index (χ1n) is 11.1. The van der Waals surface area contributed by atoms with Crippen molar-refractivity contribution in [2.75, 3.05) is 10.6 Å². The Balaban J connectivity index is 1.48. The van der Waals surface area contributed by atoms with Crippen LogP contribution in [0.4, 0.5) is 11.4 Å². The van der Waals surface area contributed by atoms with E-state index in [-0.39, 0.29) is 5.91 Å². The molecule has 0 radical (unpaired) electrons. The topological polar surface area (TPSA) is 71.8 Å². The number of anilines is 2. The Kier molecular flexibility index (Phi) is 5.08. The van der Waals surface area contributed by atoms with Crippen molar-refractivity contribution in [2.24, 2.45) is 7.05 Å². The Hall–Kier alpha value is -4.42. The highest BCUT2D eigenvalue weighted by molar-refractivity contribution is 6.38. The molecule has 2 N–H and O–H groups in total. The summed E-state index contributed by atoms with van der Waals surface area (Å²) in [5.41, 5.74) is 6.41. The van der Waals surface area contributed by atoms with Crippen LogP contribution in [-0.2, 0) is 11.8 Å². The average Bonchev–Trinajstić information content (AvgIpc) is 3.44. The van der Waals surface area contributed by atoms with Gasteiger partial charge in [-0.3, -0.25) is 9.78 Å². The number of halogens is 1. The lowest BCUT2D eigenvalue weighted by atomic mass is 9.99. The molecule has 0 fully saturated rings. The van der Waals surface area contributed by atoms with Crippen LogP contribution in [0, 0.1) is 0 Å². The van der Waals surface area contributed by atoms with Gasteiger partial charge in [-0.05, 0) is 60.2 Å². The molecule has 2 aromatic heterocycles. The van der Waals surface area contributed by atoms with Crippen LogP contribution >= 0.6 is 11.6 Å². The first kappa shape index (κ1) is 21.1. The number of amides is 1. The molecule has 0 atom stereocenters. The number of aryl methyl sites for hydroxylation is 1. The van der Waals surface area contributed by atoms with E-state index in [1.165, 1.54) is 0 Å². The van der Waals surface area contributed by atoms with Gasteiger partial charge in [0.2, 0.25) is 0 Å². The number of hydrogen-bond donors (Lipinski definition) is 2. The van der Waals surface area contributed by atoms with E-state index in [4.69, 9.17) is 11.6 Å². The fourth-order valence-corrected chi connectivity index (χ4v) is 4.57. The first-order valence-corrected chi connectivity index (χ1v) is 11.5. The Morgan fingerprint density at radius 3 is 2.63 bits per heavy atom. The van der Waals surface area contributed by atoms with Crippen LogP contribution in [-0.4, -0.2) is 20.4 Å². The van der Waals surface area contributed by atoms with Crippen LogP contribution < -0.4 is 10.6 Å². The van der Waals surface area contributed by atoms with E-state index in [9.17, 15) is 4.79 Å². The molecule has 0 aliphatic carbocycles. The smallest absolute Gasteiger partial charge is 0.258 e. The van der Waals surface area contributed by atoms with Crippen molar-refractivity contribution in [1.82, 2.24) is 14.5 Å². The number of nitrogens with zero attached hydrogens (tertiary/aromatic N) is 3. The third-order valence-corrected chi connectivity index (χ3v) is 6.34. The van der Waals surface area contributed by atoms with Crippen LogP contribution in [0.25, 0.3) is 33.6 Å². The number of carbonyl (C=O) groups excluding carboxylic acids is 1. The largest absolute Gasteiger partial charge is 0.354 e. The molecule has 0 saturated carbocycles. The van der Waals surface area contributed by atoms with E-state index < -0.39 is 0 Å². The molecule has 170 valence electrons. The second-order valence-corrected chi connectivity index (χ2v) is 8.81. The second-order valence-electron chi connectivity index (χ2n) is 8.37. The molecule has 1 amide bonds. The van der Waals surface area contributed by atoms with Gasteiger partial charge in [0.25, 0.3) is 5.91 Å². The SMILES string of the molecule is Cn1ccnc1-c1ccc(NC(=C2C(=O)Nc3cc(Cl)ccc32)c2ccc3ncccc3c2)cc1. The minimum absolute atomic E-state index is 0.180. The number of hydrogen-bond acceptors (Lipinski definition) is 4. The molecular weight excluding hydrogens is 458 g/mol. The number of carbonyl (C=O) groups is 1. The molecule has 3 heterocycles. The van der Waals surface area contributed by atoms with Gasteiger partial charge in [-0.15, -0.1) is 0 Å². The van der Waals surface area contributed by atoms with Gasteiger partial charge in [0.05, 0.1) is 22.5 Å². The molecule has 35 heavy (non-hydrogen) atoms. The number of imidazole rings is 1. The van der Waals surface area contributed by atoms with Gasteiger partial charge in [0, 0.05) is 52.9 Å². The number of pyridine rings is 1. The predicted octanol–water partition coefficient (Wildman–Crippen LogP) is 6.22. The van der Waals surface area contributed by atoms with Crippen molar-refractivity contribution in [1.29, 1.82) is 0 Å². The van der Waals surface area contributed by atoms with Gasteiger partial charge >= 0.3 is 0 Å². The van der Waals surface area contributed by atoms with E-state index in [2.05, 4.69) is 20.6 Å². The third-order valence-electron chi connectivity index (χ3n) is 6.10. The number of fused-ring (bicyclic) bond motifs is 2. The maximum atomic E-state index is 13.2. The molecule has 0 spiro atoms. The molecule has 5 aromatic rings. The van der Waals surface area contributed by atoms with Crippen molar-refractivity contribution in [2.45, 2.75) is 0 Å². The van der Waals surface area contributed by atoms with Gasteiger partial charge in [0.1, 0.15) is 5.82 Å². The summed E-state index contributed by atoms with van der Waals surface area (Å²) < 4.78 is 1.98. The standard InChI is InChI=1S/C28H20ClN5O/c1-34-14-13-31-27(34)17-4-8-21(9-5-17)32-26(19-6-11-23-18(15-19)3-2-12-30-23)25-22-10-7-20(29)16-24(22)33-28(25)35/h2-16,32H,1H3,(H,33,35). The van der Waals surface area contributed by atoms with E-state index in [0.29, 0.717) is 22.0 Å². The molecule has 0 unspecified atom stereocenters. The Morgan fingerprint density at radius 1 is 0.971 bits per heavy atom. The summed E-state index contributed by atoms with van der Waals surface area (Å²) in [5, 5.41) is 8.03.